The zero-order chi connectivity index (χ0) is 16.2. The molecule has 1 saturated heterocycles. The molecule has 1 aliphatic heterocycles. The molecule has 1 heterocycles. The van der Waals surface area contributed by atoms with Gasteiger partial charge in [-0.15, -0.1) is 0 Å². The van der Waals surface area contributed by atoms with E-state index in [0.717, 1.165) is 18.6 Å². The van der Waals surface area contributed by atoms with Crippen molar-refractivity contribution in [2.24, 2.45) is 5.92 Å². The fourth-order valence-electron chi connectivity index (χ4n) is 2.67. The van der Waals surface area contributed by atoms with Crippen molar-refractivity contribution >= 4 is 11.8 Å². The molecule has 1 aromatic rings. The van der Waals surface area contributed by atoms with Crippen LogP contribution in [0.5, 0.6) is 11.5 Å². The Morgan fingerprint density at radius 1 is 1.00 bits per heavy atom. The number of piperazine rings is 1. The Morgan fingerprint density at radius 3 is 2.13 bits per heavy atom. The summed E-state index contributed by atoms with van der Waals surface area (Å²) in [6, 6.07) is 7.14. The third kappa shape index (κ3) is 3.94. The molecule has 2 amide bonds. The van der Waals surface area contributed by atoms with E-state index in [1.807, 2.05) is 4.90 Å². The minimum Gasteiger partial charge on any atom is -0.497 e. The summed E-state index contributed by atoms with van der Waals surface area (Å²) in [4.78, 5) is 27.8. The lowest BCUT2D eigenvalue weighted by atomic mass is 10.2. The second-order valence-corrected chi connectivity index (χ2v) is 5.94. The molecule has 1 saturated carbocycles. The first-order valence-corrected chi connectivity index (χ1v) is 8.01. The van der Waals surface area contributed by atoms with Crippen LogP contribution in [0.3, 0.4) is 0 Å². The molecule has 6 heteroatoms. The minimum atomic E-state index is -0.0423. The Morgan fingerprint density at radius 2 is 1.57 bits per heavy atom. The Hall–Kier alpha value is -2.24. The smallest absolute Gasteiger partial charge is 0.260 e. The molecule has 124 valence electrons. The number of carbonyl (C=O) groups is 2. The third-order valence-electron chi connectivity index (χ3n) is 4.29. The maximum absolute atomic E-state index is 12.2. The van der Waals surface area contributed by atoms with E-state index in [1.54, 1.807) is 36.3 Å². The van der Waals surface area contributed by atoms with Crippen LogP contribution in [-0.4, -0.2) is 61.5 Å². The van der Waals surface area contributed by atoms with Gasteiger partial charge in [0.05, 0.1) is 7.11 Å². The average molecular weight is 318 g/mol. The molecule has 0 unspecified atom stereocenters. The van der Waals surface area contributed by atoms with E-state index in [0.29, 0.717) is 31.9 Å². The number of hydrogen-bond acceptors (Lipinski definition) is 4. The molecular formula is C17H22N2O4. The molecule has 0 atom stereocenters. The number of rotatable bonds is 5. The highest BCUT2D eigenvalue weighted by atomic mass is 16.5. The van der Waals surface area contributed by atoms with Crippen molar-refractivity contribution in [3.8, 4) is 11.5 Å². The van der Waals surface area contributed by atoms with Gasteiger partial charge in [-0.05, 0) is 37.1 Å². The van der Waals surface area contributed by atoms with Crippen LogP contribution in [0.1, 0.15) is 12.8 Å². The van der Waals surface area contributed by atoms with E-state index in [4.69, 9.17) is 9.47 Å². The second-order valence-electron chi connectivity index (χ2n) is 5.94. The predicted molar refractivity (Wildman–Crippen MR) is 84.4 cm³/mol. The first-order valence-electron chi connectivity index (χ1n) is 8.01. The summed E-state index contributed by atoms with van der Waals surface area (Å²) in [7, 11) is 1.60. The second kappa shape index (κ2) is 6.89. The molecule has 0 spiro atoms. The van der Waals surface area contributed by atoms with Crippen LogP contribution in [0.15, 0.2) is 24.3 Å². The lowest BCUT2D eigenvalue weighted by Crippen LogP contribution is -2.52. The maximum Gasteiger partial charge on any atom is 0.260 e. The van der Waals surface area contributed by atoms with Crippen LogP contribution in [0.4, 0.5) is 0 Å². The largest absolute Gasteiger partial charge is 0.497 e. The van der Waals surface area contributed by atoms with E-state index in [2.05, 4.69) is 0 Å². The quantitative estimate of drug-likeness (QED) is 0.817. The first kappa shape index (κ1) is 15.6. The van der Waals surface area contributed by atoms with E-state index in [-0.39, 0.29) is 24.3 Å². The lowest BCUT2D eigenvalue weighted by molar-refractivity contribution is -0.141. The minimum absolute atomic E-state index is 0.0168. The van der Waals surface area contributed by atoms with Crippen molar-refractivity contribution < 1.29 is 19.1 Å². The molecule has 0 bridgehead atoms. The van der Waals surface area contributed by atoms with Gasteiger partial charge in [-0.1, -0.05) is 0 Å². The standard InChI is InChI=1S/C17H22N2O4/c1-22-14-4-6-15(7-5-14)23-12-16(20)18-8-10-19(11-9-18)17(21)13-2-3-13/h4-7,13H,2-3,8-12H2,1H3. The van der Waals surface area contributed by atoms with Crippen molar-refractivity contribution in [2.45, 2.75) is 12.8 Å². The number of carbonyl (C=O) groups excluding carboxylic acids is 2. The van der Waals surface area contributed by atoms with Gasteiger partial charge < -0.3 is 19.3 Å². The normalized spacial score (nSPS) is 17.8. The zero-order valence-electron chi connectivity index (χ0n) is 13.4. The molecule has 2 aliphatic rings. The van der Waals surface area contributed by atoms with Crippen LogP contribution >= 0.6 is 0 Å². The summed E-state index contributed by atoms with van der Waals surface area (Å²) in [6.07, 6.45) is 2.04. The van der Waals surface area contributed by atoms with E-state index < -0.39 is 0 Å². The fraction of sp³-hybridized carbons (Fsp3) is 0.529. The number of methoxy groups -OCH3 is 1. The average Bonchev–Trinajstić information content (AvgIpc) is 3.44. The van der Waals surface area contributed by atoms with E-state index >= 15 is 0 Å². The van der Waals surface area contributed by atoms with Crippen molar-refractivity contribution in [1.29, 1.82) is 0 Å². The van der Waals surface area contributed by atoms with Crippen molar-refractivity contribution in [1.82, 2.24) is 9.80 Å². The molecule has 0 aromatic heterocycles. The van der Waals surface area contributed by atoms with Crippen molar-refractivity contribution in [2.75, 3.05) is 39.9 Å². The molecule has 1 aromatic carbocycles. The number of ether oxygens (including phenoxy) is 2. The molecule has 23 heavy (non-hydrogen) atoms. The molecule has 0 radical (unpaired) electrons. The molecule has 1 aliphatic carbocycles. The highest BCUT2D eigenvalue weighted by molar-refractivity contribution is 5.82. The number of hydrogen-bond donors (Lipinski definition) is 0. The fourth-order valence-corrected chi connectivity index (χ4v) is 2.67. The maximum atomic E-state index is 12.2. The van der Waals surface area contributed by atoms with Gasteiger partial charge >= 0.3 is 0 Å². The highest BCUT2D eigenvalue weighted by Gasteiger charge is 2.35. The predicted octanol–water partition coefficient (Wildman–Crippen LogP) is 1.15. The van der Waals surface area contributed by atoms with Gasteiger partial charge in [0.25, 0.3) is 5.91 Å². The van der Waals surface area contributed by atoms with Gasteiger partial charge in [-0.3, -0.25) is 9.59 Å². The molecule has 2 fully saturated rings. The Bertz CT molecular complexity index is 560. The molecule has 0 N–H and O–H groups in total. The number of amides is 2. The third-order valence-corrected chi connectivity index (χ3v) is 4.29. The van der Waals surface area contributed by atoms with Crippen molar-refractivity contribution in [3.05, 3.63) is 24.3 Å². The molecular weight excluding hydrogens is 296 g/mol. The first-order chi connectivity index (χ1) is 11.2. The number of nitrogens with zero attached hydrogens (tertiary/aromatic N) is 2. The van der Waals surface area contributed by atoms with Gasteiger partial charge in [0.15, 0.2) is 6.61 Å². The SMILES string of the molecule is COc1ccc(OCC(=O)N2CCN(C(=O)C3CC3)CC2)cc1. The van der Waals surface area contributed by atoms with Crippen LogP contribution in [-0.2, 0) is 9.59 Å². The summed E-state index contributed by atoms with van der Waals surface area (Å²) in [5.41, 5.74) is 0. The number of benzene rings is 1. The van der Waals surface area contributed by atoms with E-state index in [9.17, 15) is 9.59 Å². The lowest BCUT2D eigenvalue weighted by Gasteiger charge is -2.34. The van der Waals surface area contributed by atoms with E-state index in [1.165, 1.54) is 0 Å². The highest BCUT2D eigenvalue weighted by Crippen LogP contribution is 2.31. The molecule has 6 nitrogen and oxygen atoms in total. The van der Waals surface area contributed by atoms with Crippen LogP contribution in [0.25, 0.3) is 0 Å². The Labute approximate surface area is 136 Å². The Kier molecular flexibility index (Phi) is 4.69. The van der Waals surface area contributed by atoms with Crippen LogP contribution < -0.4 is 9.47 Å². The summed E-state index contributed by atoms with van der Waals surface area (Å²) in [5, 5.41) is 0. The zero-order valence-corrected chi connectivity index (χ0v) is 13.4. The van der Waals surface area contributed by atoms with Crippen LogP contribution in [0.2, 0.25) is 0 Å². The van der Waals surface area contributed by atoms with Gasteiger partial charge in [0.1, 0.15) is 11.5 Å². The summed E-state index contributed by atoms with van der Waals surface area (Å²) in [5.74, 6) is 1.85. The summed E-state index contributed by atoms with van der Waals surface area (Å²) < 4.78 is 10.6. The molecule has 3 rings (SSSR count). The topological polar surface area (TPSA) is 59.1 Å². The van der Waals surface area contributed by atoms with Gasteiger partial charge in [0, 0.05) is 32.1 Å². The summed E-state index contributed by atoms with van der Waals surface area (Å²) in [6.45, 7) is 2.45. The van der Waals surface area contributed by atoms with Gasteiger partial charge in [0.2, 0.25) is 5.91 Å². The summed E-state index contributed by atoms with van der Waals surface area (Å²) >= 11 is 0. The van der Waals surface area contributed by atoms with Gasteiger partial charge in [-0.2, -0.15) is 0 Å². The van der Waals surface area contributed by atoms with Crippen molar-refractivity contribution in [3.63, 3.8) is 0 Å². The van der Waals surface area contributed by atoms with Gasteiger partial charge in [-0.25, -0.2) is 0 Å². The monoisotopic (exact) mass is 318 g/mol. The van der Waals surface area contributed by atoms with Crippen LogP contribution in [0, 0.1) is 5.92 Å². The Balaban J connectivity index is 1.42.